The summed E-state index contributed by atoms with van der Waals surface area (Å²) in [5, 5.41) is 13.1. The molecule has 3 aliphatic heterocycles. The number of aliphatic hydroxyl groups is 1. The lowest BCUT2D eigenvalue weighted by Gasteiger charge is -2.47. The molecule has 0 radical (unpaired) electrons. The van der Waals surface area contributed by atoms with E-state index < -0.39 is 0 Å². The van der Waals surface area contributed by atoms with Gasteiger partial charge in [0.15, 0.2) is 0 Å². The standard InChI is InChI=1S/C19H37N3O/c1-16-6-11-21(12-7-16)15-17-5-9-20-14-19(17)22-10-3-2-4-18(22)8-13-23/h16-20,23H,2-15H2,1H3. The van der Waals surface area contributed by atoms with E-state index >= 15 is 0 Å². The van der Waals surface area contributed by atoms with Crippen molar-refractivity contribution < 1.29 is 5.11 Å². The molecular formula is C19H37N3O. The maximum absolute atomic E-state index is 9.44. The number of aliphatic hydroxyl groups excluding tert-OH is 1. The highest BCUT2D eigenvalue weighted by Crippen LogP contribution is 2.29. The molecule has 23 heavy (non-hydrogen) atoms. The Morgan fingerprint density at radius 1 is 1.04 bits per heavy atom. The van der Waals surface area contributed by atoms with Gasteiger partial charge in [-0.2, -0.15) is 0 Å². The van der Waals surface area contributed by atoms with Crippen LogP contribution in [0.4, 0.5) is 0 Å². The molecule has 134 valence electrons. The van der Waals surface area contributed by atoms with Crippen LogP contribution in [0.1, 0.15) is 51.9 Å². The van der Waals surface area contributed by atoms with Crippen LogP contribution >= 0.6 is 0 Å². The maximum atomic E-state index is 9.44. The van der Waals surface area contributed by atoms with Gasteiger partial charge in [-0.25, -0.2) is 0 Å². The van der Waals surface area contributed by atoms with Crippen molar-refractivity contribution in [2.24, 2.45) is 11.8 Å². The molecular weight excluding hydrogens is 286 g/mol. The smallest absolute Gasteiger partial charge is 0.0445 e. The molecule has 0 saturated carbocycles. The molecule has 0 bridgehead atoms. The number of hydrogen-bond acceptors (Lipinski definition) is 4. The van der Waals surface area contributed by atoms with Gasteiger partial charge >= 0.3 is 0 Å². The largest absolute Gasteiger partial charge is 0.396 e. The van der Waals surface area contributed by atoms with Gasteiger partial charge < -0.3 is 15.3 Å². The molecule has 3 aliphatic rings. The molecule has 3 unspecified atom stereocenters. The first-order chi connectivity index (χ1) is 11.3. The molecule has 3 atom stereocenters. The molecule has 3 saturated heterocycles. The van der Waals surface area contributed by atoms with E-state index in [4.69, 9.17) is 0 Å². The molecule has 4 nitrogen and oxygen atoms in total. The van der Waals surface area contributed by atoms with Crippen LogP contribution in [-0.4, -0.2) is 72.9 Å². The van der Waals surface area contributed by atoms with E-state index in [2.05, 4.69) is 22.0 Å². The van der Waals surface area contributed by atoms with Crippen molar-refractivity contribution >= 4 is 0 Å². The minimum Gasteiger partial charge on any atom is -0.396 e. The van der Waals surface area contributed by atoms with E-state index in [1.165, 1.54) is 71.2 Å². The Hall–Kier alpha value is -0.160. The molecule has 3 rings (SSSR count). The number of rotatable bonds is 5. The molecule has 0 spiro atoms. The number of likely N-dealkylation sites (tertiary alicyclic amines) is 2. The van der Waals surface area contributed by atoms with Gasteiger partial charge in [-0.15, -0.1) is 0 Å². The lowest BCUT2D eigenvalue weighted by atomic mass is 9.86. The van der Waals surface area contributed by atoms with Crippen LogP contribution in [-0.2, 0) is 0 Å². The number of nitrogens with one attached hydrogen (secondary N) is 1. The third-order valence-corrected chi connectivity index (χ3v) is 6.52. The number of piperidine rings is 3. The zero-order valence-electron chi connectivity index (χ0n) is 15.1. The van der Waals surface area contributed by atoms with Crippen LogP contribution in [0.2, 0.25) is 0 Å². The van der Waals surface area contributed by atoms with Crippen LogP contribution in [0, 0.1) is 11.8 Å². The SMILES string of the molecule is CC1CCN(CC2CCNCC2N2CCCCC2CCO)CC1. The predicted octanol–water partition coefficient (Wildman–Crippen LogP) is 1.93. The quantitative estimate of drug-likeness (QED) is 0.811. The minimum atomic E-state index is 0.343. The topological polar surface area (TPSA) is 38.7 Å². The Morgan fingerprint density at radius 3 is 2.65 bits per heavy atom. The average molecular weight is 324 g/mol. The molecule has 0 aliphatic carbocycles. The fraction of sp³-hybridized carbons (Fsp3) is 1.00. The fourth-order valence-corrected chi connectivity index (χ4v) is 4.99. The highest BCUT2D eigenvalue weighted by Gasteiger charge is 2.36. The number of nitrogens with zero attached hydrogens (tertiary/aromatic N) is 2. The van der Waals surface area contributed by atoms with Crippen molar-refractivity contribution in [3.05, 3.63) is 0 Å². The zero-order valence-corrected chi connectivity index (χ0v) is 15.1. The monoisotopic (exact) mass is 323 g/mol. The van der Waals surface area contributed by atoms with Gasteiger partial charge in [0.05, 0.1) is 0 Å². The summed E-state index contributed by atoms with van der Waals surface area (Å²) >= 11 is 0. The van der Waals surface area contributed by atoms with Gasteiger partial charge in [-0.3, -0.25) is 4.90 Å². The Morgan fingerprint density at radius 2 is 1.87 bits per heavy atom. The molecule has 0 amide bonds. The second-order valence-electron chi connectivity index (χ2n) is 8.20. The van der Waals surface area contributed by atoms with E-state index in [9.17, 15) is 5.11 Å². The van der Waals surface area contributed by atoms with Gasteiger partial charge in [0.2, 0.25) is 0 Å². The van der Waals surface area contributed by atoms with Gasteiger partial charge in [0.1, 0.15) is 0 Å². The normalized spacial score (nSPS) is 35.5. The van der Waals surface area contributed by atoms with Crippen LogP contribution < -0.4 is 5.32 Å². The van der Waals surface area contributed by atoms with E-state index in [1.54, 1.807) is 0 Å². The lowest BCUT2D eigenvalue weighted by molar-refractivity contribution is 0.0196. The summed E-state index contributed by atoms with van der Waals surface area (Å²) in [5.74, 6) is 1.73. The summed E-state index contributed by atoms with van der Waals surface area (Å²) in [7, 11) is 0. The zero-order chi connectivity index (χ0) is 16.1. The highest BCUT2D eigenvalue weighted by molar-refractivity contribution is 4.92. The van der Waals surface area contributed by atoms with Crippen molar-refractivity contribution in [3.8, 4) is 0 Å². The van der Waals surface area contributed by atoms with Gasteiger partial charge in [0.25, 0.3) is 0 Å². The number of hydrogen-bond donors (Lipinski definition) is 2. The van der Waals surface area contributed by atoms with E-state index in [0.717, 1.165) is 24.8 Å². The second-order valence-corrected chi connectivity index (χ2v) is 8.20. The summed E-state index contributed by atoms with van der Waals surface area (Å²) in [5.41, 5.74) is 0. The lowest BCUT2D eigenvalue weighted by Crippen LogP contribution is -2.58. The first-order valence-electron chi connectivity index (χ1n) is 10.1. The van der Waals surface area contributed by atoms with Crippen molar-refractivity contribution in [2.75, 3.05) is 45.9 Å². The Bertz CT molecular complexity index is 342. The van der Waals surface area contributed by atoms with Crippen LogP contribution in [0.15, 0.2) is 0 Å². The molecule has 0 aromatic rings. The third-order valence-electron chi connectivity index (χ3n) is 6.52. The van der Waals surface area contributed by atoms with E-state index in [-0.39, 0.29) is 0 Å². The molecule has 3 heterocycles. The Kier molecular flexibility index (Phi) is 6.75. The molecule has 0 aromatic carbocycles. The van der Waals surface area contributed by atoms with Gasteiger partial charge in [-0.05, 0) is 76.5 Å². The predicted molar refractivity (Wildman–Crippen MR) is 95.7 cm³/mol. The van der Waals surface area contributed by atoms with E-state index in [1.807, 2.05) is 0 Å². The Balaban J connectivity index is 1.60. The fourth-order valence-electron chi connectivity index (χ4n) is 4.99. The Labute approximate surface area is 142 Å². The average Bonchev–Trinajstić information content (AvgIpc) is 2.58. The van der Waals surface area contributed by atoms with Crippen LogP contribution in [0.25, 0.3) is 0 Å². The van der Waals surface area contributed by atoms with Gasteiger partial charge in [0, 0.05) is 31.8 Å². The van der Waals surface area contributed by atoms with Crippen molar-refractivity contribution in [2.45, 2.75) is 64.0 Å². The molecule has 0 aromatic heterocycles. The minimum absolute atomic E-state index is 0.343. The summed E-state index contributed by atoms with van der Waals surface area (Å²) in [6.45, 7) is 10.2. The second kappa shape index (κ2) is 8.80. The van der Waals surface area contributed by atoms with Crippen LogP contribution in [0.3, 0.4) is 0 Å². The summed E-state index contributed by atoms with van der Waals surface area (Å²) in [4.78, 5) is 5.50. The summed E-state index contributed by atoms with van der Waals surface area (Å²) < 4.78 is 0. The van der Waals surface area contributed by atoms with Crippen molar-refractivity contribution in [1.29, 1.82) is 0 Å². The molecule has 4 heteroatoms. The highest BCUT2D eigenvalue weighted by atomic mass is 16.3. The summed E-state index contributed by atoms with van der Waals surface area (Å²) in [6, 6.07) is 1.29. The first-order valence-corrected chi connectivity index (χ1v) is 10.1. The van der Waals surface area contributed by atoms with E-state index in [0.29, 0.717) is 18.7 Å². The van der Waals surface area contributed by atoms with Gasteiger partial charge in [-0.1, -0.05) is 13.3 Å². The molecule has 3 fully saturated rings. The maximum Gasteiger partial charge on any atom is 0.0445 e. The summed E-state index contributed by atoms with van der Waals surface area (Å²) in [6.07, 6.45) is 9.01. The van der Waals surface area contributed by atoms with Crippen molar-refractivity contribution in [3.63, 3.8) is 0 Å². The third kappa shape index (κ3) is 4.68. The van der Waals surface area contributed by atoms with Crippen LogP contribution in [0.5, 0.6) is 0 Å². The molecule has 2 N–H and O–H groups in total. The first kappa shape index (κ1) is 17.7. The van der Waals surface area contributed by atoms with Crippen molar-refractivity contribution in [1.82, 2.24) is 15.1 Å².